The van der Waals surface area contributed by atoms with Crippen LogP contribution in [0.15, 0.2) is 123 Å². The monoisotopic (exact) mass is 618 g/mol. The van der Waals surface area contributed by atoms with Crippen molar-refractivity contribution in [1.82, 2.24) is 0 Å². The number of hydrogen-bond acceptors (Lipinski definition) is 6. The van der Waals surface area contributed by atoms with Crippen molar-refractivity contribution in [2.75, 3.05) is 0 Å². The van der Waals surface area contributed by atoms with Crippen molar-refractivity contribution >= 4 is 48.9 Å². The fourth-order valence-corrected chi connectivity index (χ4v) is 11.6. The molecule has 11 heteroatoms. The van der Waals surface area contributed by atoms with Crippen LogP contribution in [0, 0.1) is 0 Å². The highest BCUT2D eigenvalue weighted by molar-refractivity contribution is 8.34. The van der Waals surface area contributed by atoms with Gasteiger partial charge in [0.25, 0.3) is 0 Å². The molecule has 0 bridgehead atoms. The first-order chi connectivity index (χ1) is 19.0. The maximum absolute atomic E-state index is 13.7. The van der Waals surface area contributed by atoms with Gasteiger partial charge in [0.2, 0.25) is 0 Å². The molecule has 2 aromatic heterocycles. The van der Waals surface area contributed by atoms with Crippen LogP contribution in [-0.2, 0) is 13.7 Å². The molecule has 4 nitrogen and oxygen atoms in total. The van der Waals surface area contributed by atoms with Gasteiger partial charge < -0.3 is 0 Å². The van der Waals surface area contributed by atoms with Gasteiger partial charge in [-0.25, -0.2) is 0 Å². The topological polar surface area (TPSA) is 60.4 Å². The molecule has 40 heavy (non-hydrogen) atoms. The van der Waals surface area contributed by atoms with E-state index in [4.69, 9.17) is 3.63 Å². The minimum absolute atomic E-state index is 0.00319. The molecule has 0 N–H and O–H groups in total. The molecule has 2 heterocycles. The maximum atomic E-state index is 13.7. The van der Waals surface area contributed by atoms with E-state index in [0.717, 1.165) is 20.9 Å². The molecule has 0 aliphatic carbocycles. The van der Waals surface area contributed by atoms with E-state index >= 15 is 0 Å². The zero-order valence-electron chi connectivity index (χ0n) is 20.8. The number of halogens is 3. The van der Waals surface area contributed by atoms with Gasteiger partial charge in [-0.3, -0.25) is 4.79 Å². The van der Waals surface area contributed by atoms with Gasteiger partial charge in [0.05, 0.1) is 9.09 Å². The zero-order valence-corrected chi connectivity index (χ0v) is 24.1. The van der Waals surface area contributed by atoms with Crippen molar-refractivity contribution in [3.05, 3.63) is 114 Å². The normalized spacial score (nSPS) is 12.8. The number of Topliss-reactive ketones (excluding diaryl/α,β-unsaturated/α-hetero) is 1. The average Bonchev–Trinajstić information content (AvgIpc) is 3.63. The molecule has 5 rings (SSSR count). The zero-order chi connectivity index (χ0) is 28.5. The summed E-state index contributed by atoms with van der Waals surface area (Å²) in [5, 5.41) is 0. The fourth-order valence-electron chi connectivity index (χ4n) is 3.99. The Balaban J connectivity index is 1.62. The second-order valence-electron chi connectivity index (χ2n) is 8.57. The van der Waals surface area contributed by atoms with Crippen LogP contribution in [0.1, 0.15) is 16.6 Å². The number of ketones is 1. The summed E-state index contributed by atoms with van der Waals surface area (Å²) in [6.45, 7) is 1.52. The van der Waals surface area contributed by atoms with Crippen molar-refractivity contribution in [2.45, 2.75) is 26.4 Å². The minimum Gasteiger partial charge on any atom is -0.294 e. The lowest BCUT2D eigenvalue weighted by molar-refractivity contribution is -0.0496. The second kappa shape index (κ2) is 11.0. The highest BCUT2D eigenvalue weighted by Crippen LogP contribution is 2.72. The lowest BCUT2D eigenvalue weighted by atomic mass is 10.1. The summed E-state index contributed by atoms with van der Waals surface area (Å²) in [4.78, 5) is 14.6. The van der Waals surface area contributed by atoms with Gasteiger partial charge in [-0.15, -0.1) is 22.7 Å². The van der Waals surface area contributed by atoms with Crippen LogP contribution in [-0.4, -0.2) is 19.7 Å². The summed E-state index contributed by atoms with van der Waals surface area (Å²) < 4.78 is 71.8. The molecular formula is C29H21F3O4S4. The third-order valence-electron chi connectivity index (χ3n) is 5.90. The van der Waals surface area contributed by atoms with E-state index in [-0.39, 0.29) is 5.78 Å². The van der Waals surface area contributed by atoms with Crippen molar-refractivity contribution < 1.29 is 30.0 Å². The summed E-state index contributed by atoms with van der Waals surface area (Å²) in [5.41, 5.74) is -3.88. The van der Waals surface area contributed by atoms with Crippen molar-refractivity contribution in [2.24, 2.45) is 0 Å². The van der Waals surface area contributed by atoms with E-state index in [1.807, 2.05) is 30.3 Å². The summed E-state index contributed by atoms with van der Waals surface area (Å²) in [5.74, 6) is -0.00319. The lowest BCUT2D eigenvalue weighted by Crippen LogP contribution is -2.27. The summed E-state index contributed by atoms with van der Waals surface area (Å²) in [6.07, 6.45) is 0. The highest BCUT2D eigenvalue weighted by Gasteiger charge is 2.52. The third-order valence-corrected chi connectivity index (χ3v) is 13.7. The van der Waals surface area contributed by atoms with E-state index in [1.54, 1.807) is 78.9 Å². The number of carbonyl (C=O) groups is 1. The first kappa shape index (κ1) is 28.3. The molecule has 0 saturated heterocycles. The number of hydrogen-bond donors (Lipinski definition) is 0. The van der Waals surface area contributed by atoms with E-state index in [1.165, 1.54) is 29.6 Å². The minimum atomic E-state index is -5.97. The van der Waals surface area contributed by atoms with Crippen LogP contribution in [0.25, 0.3) is 20.9 Å². The van der Waals surface area contributed by atoms with Crippen LogP contribution in [0.2, 0.25) is 0 Å². The predicted molar refractivity (Wildman–Crippen MR) is 154 cm³/mol. The maximum Gasteiger partial charge on any atom is 0.524 e. The van der Waals surface area contributed by atoms with Crippen molar-refractivity contribution in [3.8, 4) is 20.9 Å². The molecule has 0 atom stereocenters. The largest absolute Gasteiger partial charge is 0.524 e. The Hall–Kier alpha value is -3.22. The first-order valence-corrected chi connectivity index (χ1v) is 16.4. The van der Waals surface area contributed by atoms with Crippen molar-refractivity contribution in [3.63, 3.8) is 0 Å². The SMILES string of the molecule is CC(=O)c1ccc(-c2ccc(-c3ccc(S(OS(=O)(=O)C(F)(F)F)(c4ccccc4)c4ccccc4)s3)cc2)s1. The molecule has 206 valence electrons. The molecule has 5 aromatic rings. The Morgan fingerprint density at radius 2 is 1.15 bits per heavy atom. The smallest absolute Gasteiger partial charge is 0.294 e. The van der Waals surface area contributed by atoms with E-state index < -0.39 is 25.9 Å². The van der Waals surface area contributed by atoms with Crippen LogP contribution in [0.5, 0.6) is 0 Å². The highest BCUT2D eigenvalue weighted by atomic mass is 32.3. The van der Waals surface area contributed by atoms with E-state index in [2.05, 4.69) is 0 Å². The third kappa shape index (κ3) is 5.39. The van der Waals surface area contributed by atoms with Crippen LogP contribution in [0.3, 0.4) is 0 Å². The van der Waals surface area contributed by atoms with Gasteiger partial charge in [-0.1, -0.05) is 60.7 Å². The molecule has 0 unspecified atom stereocenters. The Labute approximate surface area is 239 Å². The van der Waals surface area contributed by atoms with Gasteiger partial charge in [-0.2, -0.15) is 25.2 Å². The number of rotatable bonds is 8. The van der Waals surface area contributed by atoms with Gasteiger partial charge in [-0.05, 0) is 76.9 Å². The Morgan fingerprint density at radius 3 is 1.60 bits per heavy atom. The predicted octanol–water partition coefficient (Wildman–Crippen LogP) is 9.41. The van der Waals surface area contributed by atoms with Gasteiger partial charge in [0.1, 0.15) is 0 Å². The molecule has 0 saturated carbocycles. The Bertz CT molecular complexity index is 1700. The molecule has 0 fully saturated rings. The Morgan fingerprint density at radius 1 is 0.675 bits per heavy atom. The molecule has 0 aliphatic rings. The molecule has 0 radical (unpaired) electrons. The molecular weight excluding hydrogens is 598 g/mol. The molecule has 0 amide bonds. The van der Waals surface area contributed by atoms with Crippen molar-refractivity contribution in [1.29, 1.82) is 0 Å². The first-order valence-electron chi connectivity index (χ1n) is 11.8. The Kier molecular flexibility index (Phi) is 7.77. The fraction of sp³-hybridized carbons (Fsp3) is 0.0690. The lowest BCUT2D eigenvalue weighted by Gasteiger charge is -2.38. The van der Waals surface area contributed by atoms with Crippen LogP contribution in [0.4, 0.5) is 13.2 Å². The second-order valence-corrected chi connectivity index (χ2v) is 15.4. The molecule has 0 spiro atoms. The number of thiophene rings is 2. The standard InChI is InChI=1S/C29H21F3O4S4/c1-20(33)25-16-17-26(37-25)21-12-14-22(15-13-21)27-18-19-28(38-27)39(23-8-4-2-5-9-23,24-10-6-3-7-11-24)36-40(34,35)29(30,31)32/h2-19H,1H3. The van der Waals surface area contributed by atoms with Gasteiger partial charge in [0.15, 0.2) is 5.78 Å². The van der Waals surface area contributed by atoms with E-state index in [0.29, 0.717) is 18.9 Å². The number of carbonyl (C=O) groups excluding carboxylic acids is 1. The number of alkyl halides is 3. The number of benzene rings is 3. The average molecular weight is 619 g/mol. The van der Waals surface area contributed by atoms with Crippen LogP contribution >= 0.6 is 33.0 Å². The van der Waals surface area contributed by atoms with Gasteiger partial charge >= 0.3 is 15.6 Å². The van der Waals surface area contributed by atoms with Crippen LogP contribution < -0.4 is 0 Å². The summed E-state index contributed by atoms with van der Waals surface area (Å²) >= 11 is 2.58. The van der Waals surface area contributed by atoms with Gasteiger partial charge in [0, 0.05) is 19.5 Å². The summed E-state index contributed by atoms with van der Waals surface area (Å²) in [7, 11) is -9.31. The molecule has 0 aliphatic heterocycles. The quantitative estimate of drug-likeness (QED) is 0.128. The van der Waals surface area contributed by atoms with E-state index in [9.17, 15) is 26.4 Å². The molecule has 3 aromatic carbocycles. The summed E-state index contributed by atoms with van der Waals surface area (Å²) in [6, 6.07) is 30.9.